The van der Waals surface area contributed by atoms with Gasteiger partial charge in [0.25, 0.3) is 0 Å². The smallest absolute Gasteiger partial charge is 0.222 e. The number of ether oxygens (including phenoxy) is 2. The minimum atomic E-state index is -0.117. The molecule has 1 amide bonds. The first-order valence-corrected chi connectivity index (χ1v) is 11.6. The molecule has 1 fully saturated rings. The Kier molecular flexibility index (Phi) is 8.54. The number of nitrogens with zero attached hydrogens (tertiary/aromatic N) is 2. The van der Waals surface area contributed by atoms with Gasteiger partial charge in [-0.05, 0) is 72.4 Å². The number of aromatic nitrogens is 1. The Morgan fingerprint density at radius 1 is 1.16 bits per heavy atom. The van der Waals surface area contributed by atoms with Gasteiger partial charge in [0.2, 0.25) is 5.91 Å². The van der Waals surface area contributed by atoms with E-state index in [1.165, 1.54) is 12.5 Å². The monoisotopic (exact) mass is 490 g/mol. The first-order valence-electron chi connectivity index (χ1n) is 10.8. The van der Waals surface area contributed by atoms with E-state index in [1.54, 1.807) is 6.20 Å². The summed E-state index contributed by atoms with van der Waals surface area (Å²) in [6.45, 7) is 9.58. The lowest BCUT2D eigenvalue weighted by Gasteiger charge is -2.33. The first-order chi connectivity index (χ1) is 15.0. The Labute approximate surface area is 192 Å². The first kappa shape index (κ1) is 23.3. The van der Waals surface area contributed by atoms with Crippen LogP contribution in [-0.4, -0.2) is 48.1 Å². The summed E-state index contributed by atoms with van der Waals surface area (Å²) in [5.41, 5.74) is 2.17. The number of hydrogen-bond donors (Lipinski definition) is 2. The maximum absolute atomic E-state index is 11.1. The number of carbonyl (C=O) groups excluding carboxylic acids is 1. The number of anilines is 2. The molecule has 8 heteroatoms. The number of halogens is 1. The summed E-state index contributed by atoms with van der Waals surface area (Å²) < 4.78 is 12.4. The van der Waals surface area contributed by atoms with E-state index in [9.17, 15) is 4.79 Å². The van der Waals surface area contributed by atoms with Crippen molar-refractivity contribution in [1.82, 2.24) is 9.88 Å². The van der Waals surface area contributed by atoms with Gasteiger partial charge in [-0.1, -0.05) is 0 Å². The average molecular weight is 491 g/mol. The lowest BCUT2D eigenvalue weighted by Crippen LogP contribution is -2.38. The lowest BCUT2D eigenvalue weighted by atomic mass is 10.0. The molecule has 0 unspecified atom stereocenters. The molecule has 0 aliphatic carbocycles. The molecule has 0 saturated carbocycles. The molecule has 1 aliphatic heterocycles. The SMILES string of the molecule is CCOc1cc(CN2CCC(Nc3ccc(NC(C)=O)nc3)CC2)cc(OCC)c1Br. The van der Waals surface area contributed by atoms with E-state index >= 15 is 0 Å². The third-order valence-corrected chi connectivity index (χ3v) is 5.88. The van der Waals surface area contributed by atoms with Crippen molar-refractivity contribution in [3.8, 4) is 11.5 Å². The highest BCUT2D eigenvalue weighted by molar-refractivity contribution is 9.10. The number of benzene rings is 1. The van der Waals surface area contributed by atoms with Crippen molar-refractivity contribution in [2.75, 3.05) is 36.9 Å². The van der Waals surface area contributed by atoms with E-state index in [0.29, 0.717) is 25.1 Å². The van der Waals surface area contributed by atoms with Gasteiger partial charge in [0.15, 0.2) is 0 Å². The molecule has 1 aromatic carbocycles. The number of nitrogens with one attached hydrogen (secondary N) is 2. The van der Waals surface area contributed by atoms with Gasteiger partial charge < -0.3 is 20.1 Å². The van der Waals surface area contributed by atoms with Crippen molar-refractivity contribution in [1.29, 1.82) is 0 Å². The highest BCUT2D eigenvalue weighted by Gasteiger charge is 2.20. The van der Waals surface area contributed by atoms with Crippen molar-refractivity contribution in [3.05, 3.63) is 40.5 Å². The van der Waals surface area contributed by atoms with Crippen LogP contribution in [0.1, 0.15) is 39.2 Å². The number of hydrogen-bond acceptors (Lipinski definition) is 6. The molecule has 1 aromatic heterocycles. The van der Waals surface area contributed by atoms with Crippen molar-refractivity contribution in [2.45, 2.75) is 46.2 Å². The Morgan fingerprint density at radius 3 is 2.32 bits per heavy atom. The highest BCUT2D eigenvalue weighted by atomic mass is 79.9. The van der Waals surface area contributed by atoms with Crippen LogP contribution in [0.3, 0.4) is 0 Å². The minimum Gasteiger partial charge on any atom is -0.493 e. The molecule has 2 aromatic rings. The summed E-state index contributed by atoms with van der Waals surface area (Å²) in [5, 5.41) is 6.24. The summed E-state index contributed by atoms with van der Waals surface area (Å²) in [5.74, 6) is 2.11. The molecule has 2 N–H and O–H groups in total. The van der Waals surface area contributed by atoms with E-state index in [0.717, 1.165) is 54.1 Å². The number of amides is 1. The van der Waals surface area contributed by atoms with E-state index < -0.39 is 0 Å². The average Bonchev–Trinajstić information content (AvgIpc) is 2.74. The lowest BCUT2D eigenvalue weighted by molar-refractivity contribution is -0.114. The van der Waals surface area contributed by atoms with E-state index in [1.807, 2.05) is 26.0 Å². The van der Waals surface area contributed by atoms with Crippen molar-refractivity contribution in [3.63, 3.8) is 0 Å². The molecule has 1 aliphatic rings. The number of carbonyl (C=O) groups is 1. The Hall–Kier alpha value is -2.32. The van der Waals surface area contributed by atoms with Crippen LogP contribution in [0.4, 0.5) is 11.5 Å². The van der Waals surface area contributed by atoms with Crippen LogP contribution in [0.2, 0.25) is 0 Å². The van der Waals surface area contributed by atoms with Crippen LogP contribution in [0, 0.1) is 0 Å². The molecule has 0 bridgehead atoms. The van der Waals surface area contributed by atoms with Gasteiger partial charge in [0.1, 0.15) is 21.8 Å². The van der Waals surface area contributed by atoms with Crippen LogP contribution < -0.4 is 20.1 Å². The fraction of sp³-hybridized carbons (Fsp3) is 0.478. The molecule has 7 nitrogen and oxygen atoms in total. The number of pyridine rings is 1. The number of piperidine rings is 1. The molecule has 0 spiro atoms. The Morgan fingerprint density at radius 2 is 1.81 bits per heavy atom. The topological polar surface area (TPSA) is 75.7 Å². The molecule has 168 valence electrons. The van der Waals surface area contributed by atoms with Gasteiger partial charge >= 0.3 is 0 Å². The van der Waals surface area contributed by atoms with Crippen molar-refractivity contribution < 1.29 is 14.3 Å². The predicted octanol–water partition coefficient (Wildman–Crippen LogP) is 4.68. The molecular formula is C23H31BrN4O3. The van der Waals surface area contributed by atoms with Gasteiger partial charge in [-0.3, -0.25) is 9.69 Å². The van der Waals surface area contributed by atoms with Gasteiger partial charge in [-0.25, -0.2) is 4.98 Å². The zero-order valence-corrected chi connectivity index (χ0v) is 20.0. The van der Waals surface area contributed by atoms with E-state index in [4.69, 9.17) is 9.47 Å². The van der Waals surface area contributed by atoms with Crippen LogP contribution in [-0.2, 0) is 11.3 Å². The molecule has 31 heavy (non-hydrogen) atoms. The second-order valence-electron chi connectivity index (χ2n) is 7.58. The highest BCUT2D eigenvalue weighted by Crippen LogP contribution is 2.36. The summed E-state index contributed by atoms with van der Waals surface area (Å²) in [7, 11) is 0. The normalized spacial score (nSPS) is 14.8. The van der Waals surface area contributed by atoms with Crippen LogP contribution in [0.25, 0.3) is 0 Å². The van der Waals surface area contributed by atoms with Gasteiger partial charge in [-0.2, -0.15) is 0 Å². The summed E-state index contributed by atoms with van der Waals surface area (Å²) in [6.07, 6.45) is 3.88. The molecule has 2 heterocycles. The number of likely N-dealkylation sites (tertiary alicyclic amines) is 1. The van der Waals surface area contributed by atoms with Crippen LogP contribution in [0.5, 0.6) is 11.5 Å². The third-order valence-electron chi connectivity index (χ3n) is 5.10. The maximum Gasteiger partial charge on any atom is 0.222 e. The fourth-order valence-corrected chi connectivity index (χ4v) is 4.16. The predicted molar refractivity (Wildman–Crippen MR) is 127 cm³/mol. The molecule has 0 atom stereocenters. The van der Waals surface area contributed by atoms with Gasteiger partial charge in [0, 0.05) is 32.6 Å². The minimum absolute atomic E-state index is 0.117. The molecule has 0 radical (unpaired) electrons. The summed E-state index contributed by atoms with van der Waals surface area (Å²) in [4.78, 5) is 17.8. The summed E-state index contributed by atoms with van der Waals surface area (Å²) >= 11 is 3.60. The second kappa shape index (κ2) is 11.3. The zero-order chi connectivity index (χ0) is 22.2. The third kappa shape index (κ3) is 6.83. The zero-order valence-electron chi connectivity index (χ0n) is 18.4. The van der Waals surface area contributed by atoms with E-state index in [2.05, 4.69) is 48.6 Å². The quantitative estimate of drug-likeness (QED) is 0.531. The fourth-order valence-electron chi connectivity index (χ4n) is 3.70. The Bertz CT molecular complexity index is 841. The summed E-state index contributed by atoms with van der Waals surface area (Å²) in [6, 6.07) is 8.38. The van der Waals surface area contributed by atoms with Gasteiger partial charge in [-0.15, -0.1) is 0 Å². The molecule has 1 saturated heterocycles. The van der Waals surface area contributed by atoms with Crippen LogP contribution >= 0.6 is 15.9 Å². The van der Waals surface area contributed by atoms with E-state index in [-0.39, 0.29) is 5.91 Å². The van der Waals surface area contributed by atoms with Gasteiger partial charge in [0.05, 0.1) is 25.1 Å². The standard InChI is InChI=1S/C23H31BrN4O3/c1-4-30-20-12-17(13-21(23(20)24)31-5-2)15-28-10-8-18(9-11-28)27-19-6-7-22(25-14-19)26-16(3)29/h6-7,12-14,18,27H,4-5,8-11,15H2,1-3H3,(H,25,26,29). The maximum atomic E-state index is 11.1. The largest absolute Gasteiger partial charge is 0.493 e. The second-order valence-corrected chi connectivity index (χ2v) is 8.37. The molecular weight excluding hydrogens is 460 g/mol. The van der Waals surface area contributed by atoms with Crippen molar-refractivity contribution in [2.24, 2.45) is 0 Å². The van der Waals surface area contributed by atoms with Crippen LogP contribution in [0.15, 0.2) is 34.9 Å². The number of rotatable bonds is 9. The molecule has 3 rings (SSSR count). The Balaban J connectivity index is 1.54. The van der Waals surface area contributed by atoms with Crippen molar-refractivity contribution >= 4 is 33.3 Å².